The van der Waals surface area contributed by atoms with E-state index in [4.69, 9.17) is 0 Å². The number of thiazole rings is 1. The van der Waals surface area contributed by atoms with Gasteiger partial charge in [0.25, 0.3) is 0 Å². The van der Waals surface area contributed by atoms with Gasteiger partial charge in [-0.1, -0.05) is 6.07 Å². The van der Waals surface area contributed by atoms with E-state index in [1.165, 1.54) is 5.56 Å². The summed E-state index contributed by atoms with van der Waals surface area (Å²) in [6.07, 6.45) is 2.79. The molecule has 7 heteroatoms. The second kappa shape index (κ2) is 6.82. The third-order valence-electron chi connectivity index (χ3n) is 4.36. The largest absolute Gasteiger partial charge is 0.374 e. The molecule has 0 unspecified atom stereocenters. The van der Waals surface area contributed by atoms with Gasteiger partial charge in [-0.15, -0.1) is 11.3 Å². The van der Waals surface area contributed by atoms with E-state index in [-0.39, 0.29) is 0 Å². The Hall–Kier alpha value is -1.44. The maximum atomic E-state index is 12.6. The molecule has 1 N–H and O–H groups in total. The summed E-state index contributed by atoms with van der Waals surface area (Å²) in [5, 5.41) is 1.02. The van der Waals surface area contributed by atoms with Gasteiger partial charge < -0.3 is 4.90 Å². The predicted molar refractivity (Wildman–Crippen MR) is 98.5 cm³/mol. The van der Waals surface area contributed by atoms with Crippen molar-refractivity contribution in [1.29, 1.82) is 0 Å². The number of anilines is 1. The van der Waals surface area contributed by atoms with Crippen LogP contribution in [0, 0.1) is 13.8 Å². The van der Waals surface area contributed by atoms with Crippen molar-refractivity contribution < 1.29 is 8.42 Å². The molecule has 24 heavy (non-hydrogen) atoms. The smallest absolute Gasteiger partial charge is 0.240 e. The van der Waals surface area contributed by atoms with Gasteiger partial charge in [0.2, 0.25) is 10.0 Å². The molecule has 1 aromatic carbocycles. The lowest BCUT2D eigenvalue weighted by atomic mass is 10.0. The van der Waals surface area contributed by atoms with Gasteiger partial charge in [-0.05, 0) is 50.8 Å². The lowest BCUT2D eigenvalue weighted by Crippen LogP contribution is -2.28. The summed E-state index contributed by atoms with van der Waals surface area (Å²) in [6.45, 7) is 5.28. The highest BCUT2D eigenvalue weighted by atomic mass is 32.2. The Morgan fingerprint density at radius 3 is 2.83 bits per heavy atom. The summed E-state index contributed by atoms with van der Waals surface area (Å²) < 4.78 is 27.8. The molecule has 0 radical (unpaired) electrons. The van der Waals surface area contributed by atoms with Gasteiger partial charge >= 0.3 is 0 Å². The van der Waals surface area contributed by atoms with Crippen molar-refractivity contribution in [2.24, 2.45) is 0 Å². The van der Waals surface area contributed by atoms with Gasteiger partial charge in [-0.3, -0.25) is 0 Å². The van der Waals surface area contributed by atoms with E-state index in [0.717, 1.165) is 40.7 Å². The first-order valence-electron chi connectivity index (χ1n) is 8.13. The van der Waals surface area contributed by atoms with Crippen LogP contribution in [0.3, 0.4) is 0 Å². The lowest BCUT2D eigenvalue weighted by Gasteiger charge is -2.27. The molecule has 0 bridgehead atoms. The molecule has 1 aromatic heterocycles. The number of hydrogen-bond acceptors (Lipinski definition) is 5. The molecule has 0 atom stereocenters. The number of benzene rings is 1. The summed E-state index contributed by atoms with van der Waals surface area (Å²) >= 11 is 1.63. The number of fused-ring (bicyclic) bond motifs is 1. The van der Waals surface area contributed by atoms with E-state index in [9.17, 15) is 8.42 Å². The van der Waals surface area contributed by atoms with Gasteiger partial charge in [0.15, 0.2) is 0 Å². The van der Waals surface area contributed by atoms with E-state index in [1.807, 2.05) is 27.0 Å². The van der Waals surface area contributed by atoms with E-state index < -0.39 is 10.0 Å². The zero-order valence-electron chi connectivity index (χ0n) is 14.3. The van der Waals surface area contributed by atoms with Crippen LogP contribution >= 0.6 is 11.3 Å². The Kier molecular flexibility index (Phi) is 4.94. The fourth-order valence-electron chi connectivity index (χ4n) is 3.09. The van der Waals surface area contributed by atoms with E-state index in [2.05, 4.69) is 14.6 Å². The van der Waals surface area contributed by atoms with Gasteiger partial charge in [0.05, 0.1) is 15.6 Å². The first-order valence-corrected chi connectivity index (χ1v) is 10.4. The fourth-order valence-corrected chi connectivity index (χ4v) is 5.08. The number of hydrogen-bond donors (Lipinski definition) is 1. The van der Waals surface area contributed by atoms with Crippen LogP contribution in [0.2, 0.25) is 0 Å². The fraction of sp³-hybridized carbons (Fsp3) is 0.471. The van der Waals surface area contributed by atoms with Gasteiger partial charge in [-0.25, -0.2) is 18.1 Å². The quantitative estimate of drug-likeness (QED) is 0.885. The van der Waals surface area contributed by atoms with E-state index in [0.29, 0.717) is 17.9 Å². The Labute approximate surface area is 147 Å². The molecule has 0 aliphatic carbocycles. The number of aromatic nitrogens is 1. The van der Waals surface area contributed by atoms with Crippen molar-refractivity contribution in [3.63, 3.8) is 0 Å². The van der Waals surface area contributed by atoms with Crippen LogP contribution in [0.4, 0.5) is 5.69 Å². The third-order valence-corrected chi connectivity index (χ3v) is 6.95. The molecule has 0 saturated carbocycles. The van der Waals surface area contributed by atoms with Crippen molar-refractivity contribution >= 4 is 27.0 Å². The minimum Gasteiger partial charge on any atom is -0.374 e. The van der Waals surface area contributed by atoms with Crippen molar-refractivity contribution in [3.05, 3.63) is 39.3 Å². The second-order valence-corrected chi connectivity index (χ2v) is 9.26. The SMILES string of the molecule is Cc1nc(C)c(CCNS(=O)(=O)c2ccc3c(c2)N(C)CCC3)s1. The van der Waals surface area contributed by atoms with Crippen LogP contribution in [0.15, 0.2) is 23.1 Å². The summed E-state index contributed by atoms with van der Waals surface area (Å²) in [5.41, 5.74) is 3.24. The molecule has 1 aliphatic rings. The van der Waals surface area contributed by atoms with Crippen LogP contribution in [0.5, 0.6) is 0 Å². The molecule has 5 nitrogen and oxygen atoms in total. The first kappa shape index (κ1) is 17.4. The average molecular weight is 366 g/mol. The summed E-state index contributed by atoms with van der Waals surface area (Å²) in [7, 11) is -1.48. The summed E-state index contributed by atoms with van der Waals surface area (Å²) in [4.78, 5) is 7.98. The monoisotopic (exact) mass is 365 g/mol. The standard InChI is InChI=1S/C17H23N3O2S2/c1-12-17(23-13(2)19-12)8-9-18-24(21,22)15-7-6-14-5-4-10-20(3)16(14)11-15/h6-7,11,18H,4-5,8-10H2,1-3H3. The van der Waals surface area contributed by atoms with Crippen molar-refractivity contribution in [2.45, 2.75) is 38.0 Å². The normalized spacial score (nSPS) is 14.7. The van der Waals surface area contributed by atoms with Crippen molar-refractivity contribution in [3.8, 4) is 0 Å². The highest BCUT2D eigenvalue weighted by Crippen LogP contribution is 2.28. The summed E-state index contributed by atoms with van der Waals surface area (Å²) in [6, 6.07) is 5.44. The lowest BCUT2D eigenvalue weighted by molar-refractivity contribution is 0.581. The summed E-state index contributed by atoms with van der Waals surface area (Å²) in [5.74, 6) is 0. The number of sulfonamides is 1. The second-order valence-electron chi connectivity index (χ2n) is 6.20. The molecule has 130 valence electrons. The zero-order chi connectivity index (χ0) is 17.3. The van der Waals surface area contributed by atoms with Gasteiger partial charge in [0.1, 0.15) is 0 Å². The maximum absolute atomic E-state index is 12.6. The topological polar surface area (TPSA) is 62.3 Å². The highest BCUT2D eigenvalue weighted by Gasteiger charge is 2.19. The predicted octanol–water partition coefficient (Wildman–Crippen LogP) is 2.66. The Morgan fingerprint density at radius 2 is 2.12 bits per heavy atom. The van der Waals surface area contributed by atoms with Gasteiger partial charge in [0, 0.05) is 30.7 Å². The first-order chi connectivity index (χ1) is 11.4. The van der Waals surface area contributed by atoms with Crippen molar-refractivity contribution in [1.82, 2.24) is 9.71 Å². The average Bonchev–Trinajstić information content (AvgIpc) is 2.85. The van der Waals surface area contributed by atoms with Crippen LogP contribution in [0.1, 0.15) is 27.6 Å². The number of rotatable bonds is 5. The molecule has 0 spiro atoms. The van der Waals surface area contributed by atoms with Crippen LogP contribution in [-0.4, -0.2) is 33.5 Å². The maximum Gasteiger partial charge on any atom is 0.240 e. The molecule has 2 aromatic rings. The minimum absolute atomic E-state index is 0.340. The Bertz CT molecular complexity index is 844. The van der Waals surface area contributed by atoms with E-state index in [1.54, 1.807) is 23.5 Å². The number of aryl methyl sites for hydroxylation is 3. The number of nitrogens with one attached hydrogen (secondary N) is 1. The highest BCUT2D eigenvalue weighted by molar-refractivity contribution is 7.89. The molecular weight excluding hydrogens is 342 g/mol. The van der Waals surface area contributed by atoms with Crippen LogP contribution < -0.4 is 9.62 Å². The van der Waals surface area contributed by atoms with Crippen LogP contribution in [0.25, 0.3) is 0 Å². The molecule has 2 heterocycles. The van der Waals surface area contributed by atoms with Gasteiger partial charge in [-0.2, -0.15) is 0 Å². The Morgan fingerprint density at radius 1 is 1.33 bits per heavy atom. The molecule has 1 aliphatic heterocycles. The van der Waals surface area contributed by atoms with Crippen molar-refractivity contribution in [2.75, 3.05) is 25.0 Å². The third kappa shape index (κ3) is 3.63. The van der Waals surface area contributed by atoms with Crippen LogP contribution in [-0.2, 0) is 22.9 Å². The zero-order valence-corrected chi connectivity index (χ0v) is 15.9. The Balaban J connectivity index is 1.71. The number of nitrogens with zero attached hydrogens (tertiary/aromatic N) is 2. The molecular formula is C17H23N3O2S2. The molecule has 0 saturated heterocycles. The molecule has 0 fully saturated rings. The molecule has 3 rings (SSSR count). The van der Waals surface area contributed by atoms with E-state index >= 15 is 0 Å². The molecule has 0 amide bonds. The minimum atomic E-state index is -3.49.